The molecule has 3 aromatic rings. The Balaban J connectivity index is 1.20. The number of ether oxygens (including phenoxy) is 3. The van der Waals surface area contributed by atoms with Crippen LogP contribution in [-0.4, -0.2) is 75.6 Å². The van der Waals surface area contributed by atoms with E-state index in [-0.39, 0.29) is 25.5 Å². The van der Waals surface area contributed by atoms with Crippen LogP contribution in [0.2, 0.25) is 0 Å². The minimum atomic E-state index is -4.76. The van der Waals surface area contributed by atoms with E-state index in [9.17, 15) is 30.2 Å². The number of aliphatic hydroxyl groups excluding tert-OH is 2. The number of aliphatic hydroxyl groups is 2. The first kappa shape index (κ1) is 45.3. The zero-order chi connectivity index (χ0) is 40.2. The molecule has 4 rings (SSSR count). The third kappa shape index (κ3) is 13.6. The molecule has 0 aliphatic carbocycles. The Bertz CT molecular complexity index is 1750. The standard InChI is InChI=1S/C41H60N5O9P/c1-2-3-4-5-6-7-8-9-10-11-12-13-14-15-16-24-51-28-34(52-27-33-19-17-18-32(25-33)26-42)29-53-56(49,50)54-30-37-39(47)40(48)41(31-43,55-37)38-21-20-36-35(44)22-23-45-46(36)38/h17-23,25,34,37,39-40,47-48H,2-16,24,27-30,44H2,1H3,(H,49,50)/t34-,37-,39-,40-,41+/m1/s1. The van der Waals surface area contributed by atoms with Crippen molar-refractivity contribution in [3.63, 3.8) is 0 Å². The number of anilines is 1. The smallest absolute Gasteiger partial charge is 0.397 e. The third-order valence-corrected chi connectivity index (χ3v) is 11.1. The van der Waals surface area contributed by atoms with E-state index >= 15 is 0 Å². The van der Waals surface area contributed by atoms with Crippen LogP contribution in [-0.2, 0) is 40.0 Å². The fourth-order valence-electron chi connectivity index (χ4n) is 6.90. The van der Waals surface area contributed by atoms with E-state index in [0.29, 0.717) is 23.4 Å². The van der Waals surface area contributed by atoms with E-state index in [1.54, 1.807) is 36.4 Å². The number of fused-ring (bicyclic) bond motifs is 1. The van der Waals surface area contributed by atoms with Gasteiger partial charge in [-0.3, -0.25) is 9.05 Å². The van der Waals surface area contributed by atoms with Gasteiger partial charge in [0.15, 0.2) is 0 Å². The van der Waals surface area contributed by atoms with Crippen molar-refractivity contribution in [2.45, 2.75) is 140 Å². The summed E-state index contributed by atoms with van der Waals surface area (Å²) in [6.07, 6.45) is 14.8. The second kappa shape index (κ2) is 23.7. The topological polar surface area (TPSA) is 215 Å². The predicted octanol–water partition coefficient (Wildman–Crippen LogP) is 7.23. The van der Waals surface area contributed by atoms with Crippen LogP contribution in [0.15, 0.2) is 48.7 Å². The van der Waals surface area contributed by atoms with E-state index in [4.69, 9.17) is 29.0 Å². The lowest BCUT2D eigenvalue weighted by atomic mass is 9.92. The molecule has 6 atom stereocenters. The Morgan fingerprint density at radius 2 is 1.59 bits per heavy atom. The molecular weight excluding hydrogens is 737 g/mol. The van der Waals surface area contributed by atoms with Gasteiger partial charge in [-0.1, -0.05) is 109 Å². The molecule has 0 bridgehead atoms. The molecule has 1 aliphatic rings. The molecule has 56 heavy (non-hydrogen) atoms. The summed E-state index contributed by atoms with van der Waals surface area (Å²) in [5, 5.41) is 45.4. The molecule has 14 nitrogen and oxygen atoms in total. The number of rotatable bonds is 28. The Morgan fingerprint density at radius 1 is 0.929 bits per heavy atom. The first-order valence-electron chi connectivity index (χ1n) is 20.1. The molecule has 5 N–H and O–H groups in total. The van der Waals surface area contributed by atoms with E-state index in [1.165, 1.54) is 93.8 Å². The highest BCUT2D eigenvalue weighted by atomic mass is 31.2. The molecular formula is C41H60N5O9P. The minimum Gasteiger partial charge on any atom is -0.397 e. The van der Waals surface area contributed by atoms with Gasteiger partial charge in [-0.15, -0.1) is 0 Å². The highest BCUT2D eigenvalue weighted by Gasteiger charge is 2.58. The molecule has 0 saturated carbocycles. The maximum absolute atomic E-state index is 13.0. The largest absolute Gasteiger partial charge is 0.472 e. The van der Waals surface area contributed by atoms with E-state index in [1.807, 2.05) is 6.07 Å². The Hall–Kier alpha value is -3.40. The molecule has 1 saturated heterocycles. The van der Waals surface area contributed by atoms with Crippen LogP contribution < -0.4 is 5.73 Å². The lowest BCUT2D eigenvalue weighted by Crippen LogP contribution is -2.41. The van der Waals surface area contributed by atoms with Gasteiger partial charge in [-0.25, -0.2) is 9.08 Å². The molecule has 3 heterocycles. The second-order valence-corrected chi connectivity index (χ2v) is 16.0. The van der Waals surface area contributed by atoms with Gasteiger partial charge in [0.25, 0.3) is 0 Å². The summed E-state index contributed by atoms with van der Waals surface area (Å²) in [7, 11) is -4.76. The van der Waals surface area contributed by atoms with Crippen LogP contribution in [0.5, 0.6) is 0 Å². The Morgan fingerprint density at radius 3 is 2.23 bits per heavy atom. The van der Waals surface area contributed by atoms with Gasteiger partial charge >= 0.3 is 7.82 Å². The molecule has 0 amide bonds. The van der Waals surface area contributed by atoms with Gasteiger partial charge in [0.05, 0.1) is 55.0 Å². The Kier molecular flexibility index (Phi) is 19.2. The highest BCUT2D eigenvalue weighted by molar-refractivity contribution is 7.47. The fraction of sp³-hybridized carbons (Fsp3) is 0.634. The van der Waals surface area contributed by atoms with Crippen molar-refractivity contribution >= 4 is 19.0 Å². The summed E-state index contributed by atoms with van der Waals surface area (Å²) >= 11 is 0. The summed E-state index contributed by atoms with van der Waals surface area (Å²) in [6, 6.07) is 15.6. The molecule has 1 unspecified atom stereocenters. The van der Waals surface area contributed by atoms with Crippen molar-refractivity contribution in [2.75, 3.05) is 32.2 Å². The summed E-state index contributed by atoms with van der Waals surface area (Å²) in [6.45, 7) is 1.88. The maximum Gasteiger partial charge on any atom is 0.472 e. The molecule has 0 spiro atoms. The van der Waals surface area contributed by atoms with Crippen LogP contribution >= 0.6 is 7.82 Å². The molecule has 308 valence electrons. The zero-order valence-corrected chi connectivity index (χ0v) is 33.6. The van der Waals surface area contributed by atoms with Crippen LogP contribution in [0.1, 0.15) is 120 Å². The van der Waals surface area contributed by atoms with Crippen LogP contribution in [0.3, 0.4) is 0 Å². The zero-order valence-electron chi connectivity index (χ0n) is 32.7. The lowest BCUT2D eigenvalue weighted by Gasteiger charge is -2.24. The van der Waals surface area contributed by atoms with Gasteiger partial charge in [0.2, 0.25) is 5.60 Å². The van der Waals surface area contributed by atoms with Gasteiger partial charge < -0.3 is 35.1 Å². The van der Waals surface area contributed by atoms with E-state index < -0.39 is 44.4 Å². The lowest BCUT2D eigenvalue weighted by molar-refractivity contribution is -0.0690. The van der Waals surface area contributed by atoms with Gasteiger partial charge in [0, 0.05) is 12.8 Å². The van der Waals surface area contributed by atoms with Crippen LogP contribution in [0.25, 0.3) is 5.52 Å². The second-order valence-electron chi connectivity index (χ2n) is 14.6. The van der Waals surface area contributed by atoms with Crippen LogP contribution in [0, 0.1) is 22.7 Å². The van der Waals surface area contributed by atoms with Crippen molar-refractivity contribution in [2.24, 2.45) is 0 Å². The molecule has 15 heteroatoms. The van der Waals surface area contributed by atoms with Gasteiger partial charge in [0.1, 0.15) is 30.5 Å². The van der Waals surface area contributed by atoms with Gasteiger partial charge in [-0.05, 0) is 42.3 Å². The highest BCUT2D eigenvalue weighted by Crippen LogP contribution is 2.46. The number of benzene rings is 1. The van der Waals surface area contributed by atoms with Crippen molar-refractivity contribution in [3.8, 4) is 12.1 Å². The Labute approximate surface area is 331 Å². The summed E-state index contributed by atoms with van der Waals surface area (Å²) in [4.78, 5) is 10.6. The van der Waals surface area contributed by atoms with Crippen molar-refractivity contribution in [3.05, 3.63) is 65.5 Å². The average Bonchev–Trinajstić information content (AvgIpc) is 3.75. The number of nitrogens with two attached hydrogens (primary N) is 1. The normalized spacial score (nSPS) is 21.1. The number of phosphoric ester groups is 1. The SMILES string of the molecule is CCCCCCCCCCCCCCCCCOC[C@H](COP(=O)(O)OC[C@H]1O[C@@](C#N)(c2ccc3c(N)ccnn23)[C@H](O)[C@@H]1O)OCc1cccc(C#N)c1. The average molecular weight is 798 g/mol. The fourth-order valence-corrected chi connectivity index (χ4v) is 7.66. The summed E-state index contributed by atoms with van der Waals surface area (Å²) < 4.78 is 42.5. The van der Waals surface area contributed by atoms with Crippen LogP contribution in [0.4, 0.5) is 5.69 Å². The monoisotopic (exact) mass is 797 g/mol. The number of hydrogen-bond acceptors (Lipinski definition) is 12. The number of unbranched alkanes of at least 4 members (excludes halogenated alkanes) is 14. The number of aromatic nitrogens is 2. The molecule has 2 aromatic heterocycles. The molecule has 1 aliphatic heterocycles. The number of nitrogen functional groups attached to an aromatic ring is 1. The van der Waals surface area contributed by atoms with Crippen molar-refractivity contribution in [1.29, 1.82) is 10.5 Å². The maximum atomic E-state index is 13.0. The number of nitriles is 2. The summed E-state index contributed by atoms with van der Waals surface area (Å²) in [5.74, 6) is 0. The van der Waals surface area contributed by atoms with E-state index in [2.05, 4.69) is 18.1 Å². The van der Waals surface area contributed by atoms with Gasteiger partial charge in [-0.2, -0.15) is 15.6 Å². The molecule has 1 fully saturated rings. The first-order chi connectivity index (χ1) is 27.1. The predicted molar refractivity (Wildman–Crippen MR) is 211 cm³/mol. The minimum absolute atomic E-state index is 0.0850. The summed E-state index contributed by atoms with van der Waals surface area (Å²) in [5.41, 5.74) is 6.11. The first-order valence-corrected chi connectivity index (χ1v) is 21.6. The number of hydrogen-bond donors (Lipinski definition) is 4. The third-order valence-electron chi connectivity index (χ3n) is 10.2. The van der Waals surface area contributed by atoms with Crippen molar-refractivity contribution < 1.29 is 42.9 Å². The molecule has 0 radical (unpaired) electrons. The number of nitrogens with zero attached hydrogens (tertiary/aromatic N) is 4. The quantitative estimate of drug-likeness (QED) is 0.0422. The van der Waals surface area contributed by atoms with E-state index in [0.717, 1.165) is 24.8 Å². The van der Waals surface area contributed by atoms with Crippen molar-refractivity contribution in [1.82, 2.24) is 9.61 Å². The number of phosphoric acid groups is 1. The molecule has 1 aromatic carbocycles.